The summed E-state index contributed by atoms with van der Waals surface area (Å²) in [5.74, 6) is -0.451. The van der Waals surface area contributed by atoms with Gasteiger partial charge in [0.25, 0.3) is 0 Å². The van der Waals surface area contributed by atoms with Gasteiger partial charge in [-0.2, -0.15) is 5.26 Å². The lowest BCUT2D eigenvalue weighted by Gasteiger charge is -2.09. The van der Waals surface area contributed by atoms with Gasteiger partial charge in [0.05, 0.1) is 10.6 Å². The summed E-state index contributed by atoms with van der Waals surface area (Å²) in [6.45, 7) is 0. The topological polar surface area (TPSA) is 23.8 Å². The first-order valence-corrected chi connectivity index (χ1v) is 3.75. The minimum atomic E-state index is -0.451. The molecule has 0 amide bonds. The Morgan fingerprint density at radius 3 is 2.45 bits per heavy atom. The van der Waals surface area contributed by atoms with Crippen molar-refractivity contribution in [3.05, 3.63) is 21.5 Å². The molecule has 1 rings (SSSR count). The Hall–Kier alpha value is -0.520. The van der Waals surface area contributed by atoms with E-state index in [9.17, 15) is 4.39 Å². The summed E-state index contributed by atoms with van der Waals surface area (Å²) in [6, 6.07) is 1.75. The highest BCUT2D eigenvalue weighted by molar-refractivity contribution is 6.36. The quantitative estimate of drug-likeness (QED) is 0.577. The highest BCUT2D eigenvalue weighted by Gasteiger charge is 2.18. The van der Waals surface area contributed by atoms with Crippen LogP contribution in [0, 0.1) is 11.3 Å². The van der Waals surface area contributed by atoms with E-state index in [0.29, 0.717) is 11.5 Å². The molecule has 0 spiro atoms. The number of nitriles is 1. The van der Waals surface area contributed by atoms with Gasteiger partial charge in [0.2, 0.25) is 0 Å². The van der Waals surface area contributed by atoms with Gasteiger partial charge in [-0.15, -0.1) is 0 Å². The van der Waals surface area contributed by atoms with Gasteiger partial charge in [-0.05, 0) is 6.42 Å². The highest BCUT2D eigenvalue weighted by atomic mass is 35.5. The SMILES string of the molecule is N#CC1=C(Cl)CCC(F)=C1Cl. The van der Waals surface area contributed by atoms with Gasteiger partial charge in [-0.25, -0.2) is 4.39 Å². The molecule has 1 aliphatic rings. The smallest absolute Gasteiger partial charge is 0.120 e. The van der Waals surface area contributed by atoms with Crippen LogP contribution in [0.3, 0.4) is 0 Å². The van der Waals surface area contributed by atoms with Crippen LogP contribution in [0.15, 0.2) is 21.5 Å². The fourth-order valence-corrected chi connectivity index (χ4v) is 1.35. The maximum absolute atomic E-state index is 12.7. The van der Waals surface area contributed by atoms with E-state index in [4.69, 9.17) is 28.5 Å². The zero-order valence-corrected chi connectivity index (χ0v) is 7.01. The second-order valence-electron chi connectivity index (χ2n) is 2.11. The van der Waals surface area contributed by atoms with Crippen molar-refractivity contribution in [3.63, 3.8) is 0 Å². The number of hydrogen-bond acceptors (Lipinski definition) is 1. The van der Waals surface area contributed by atoms with Gasteiger partial charge in [0, 0.05) is 11.5 Å². The van der Waals surface area contributed by atoms with E-state index >= 15 is 0 Å². The zero-order chi connectivity index (χ0) is 8.43. The van der Waals surface area contributed by atoms with Gasteiger partial charge < -0.3 is 0 Å². The van der Waals surface area contributed by atoms with Crippen LogP contribution in [0.4, 0.5) is 4.39 Å². The van der Waals surface area contributed by atoms with Crippen LogP contribution < -0.4 is 0 Å². The summed E-state index contributed by atoms with van der Waals surface area (Å²) in [7, 11) is 0. The molecule has 0 aliphatic heterocycles. The molecule has 0 radical (unpaired) electrons. The van der Waals surface area contributed by atoms with Gasteiger partial charge in [0.1, 0.15) is 11.9 Å². The van der Waals surface area contributed by atoms with Crippen LogP contribution in [0.2, 0.25) is 0 Å². The molecule has 0 bridgehead atoms. The molecule has 1 nitrogen and oxygen atoms in total. The van der Waals surface area contributed by atoms with E-state index < -0.39 is 5.83 Å². The van der Waals surface area contributed by atoms with Gasteiger partial charge in [-0.1, -0.05) is 23.2 Å². The summed E-state index contributed by atoms with van der Waals surface area (Å²) < 4.78 is 12.7. The largest absolute Gasteiger partial charge is 0.210 e. The second-order valence-corrected chi connectivity index (χ2v) is 2.94. The monoisotopic (exact) mass is 191 g/mol. The molecular weight excluding hydrogens is 188 g/mol. The molecule has 0 heterocycles. The van der Waals surface area contributed by atoms with E-state index in [1.165, 1.54) is 0 Å². The Kier molecular flexibility index (Phi) is 2.53. The first kappa shape index (κ1) is 8.58. The lowest BCUT2D eigenvalue weighted by Crippen LogP contribution is -1.95. The average Bonchev–Trinajstić information content (AvgIpc) is 1.99. The van der Waals surface area contributed by atoms with Gasteiger partial charge >= 0.3 is 0 Å². The zero-order valence-electron chi connectivity index (χ0n) is 5.50. The predicted molar refractivity (Wildman–Crippen MR) is 41.7 cm³/mol. The molecule has 1 aliphatic carbocycles. The molecule has 0 atom stereocenters. The standard InChI is InChI=1S/C7H4Cl2FN/c8-5-1-2-6(10)7(9)4(5)3-11/h1-2H2. The highest BCUT2D eigenvalue weighted by Crippen LogP contribution is 2.34. The van der Waals surface area contributed by atoms with Crippen molar-refractivity contribution < 1.29 is 4.39 Å². The number of halogens is 3. The third kappa shape index (κ3) is 1.55. The molecule has 0 aromatic rings. The number of rotatable bonds is 0. The second kappa shape index (κ2) is 3.25. The Labute approximate surface area is 73.7 Å². The third-order valence-electron chi connectivity index (χ3n) is 1.40. The Bertz CT molecular complexity index is 285. The van der Waals surface area contributed by atoms with Crippen molar-refractivity contribution in [1.29, 1.82) is 5.26 Å². The van der Waals surface area contributed by atoms with Crippen molar-refractivity contribution in [2.45, 2.75) is 12.8 Å². The molecule has 0 saturated heterocycles. The molecule has 0 fully saturated rings. The maximum Gasteiger partial charge on any atom is 0.120 e. The molecule has 11 heavy (non-hydrogen) atoms. The molecule has 0 aromatic carbocycles. The number of nitrogens with zero attached hydrogens (tertiary/aromatic N) is 1. The molecule has 0 saturated carbocycles. The lowest BCUT2D eigenvalue weighted by atomic mass is 10.1. The van der Waals surface area contributed by atoms with Crippen LogP contribution >= 0.6 is 23.2 Å². The third-order valence-corrected chi connectivity index (χ3v) is 2.18. The van der Waals surface area contributed by atoms with E-state index in [0.717, 1.165) is 0 Å². The summed E-state index contributed by atoms with van der Waals surface area (Å²) in [5.41, 5.74) is 0.0667. The van der Waals surface area contributed by atoms with Crippen LogP contribution in [0.25, 0.3) is 0 Å². The van der Waals surface area contributed by atoms with Crippen molar-refractivity contribution in [2.24, 2.45) is 0 Å². The predicted octanol–water partition coefficient (Wildman–Crippen LogP) is 3.22. The maximum atomic E-state index is 12.7. The molecule has 0 N–H and O–H groups in total. The van der Waals surface area contributed by atoms with E-state index in [1.807, 2.05) is 0 Å². The van der Waals surface area contributed by atoms with Crippen LogP contribution in [0.5, 0.6) is 0 Å². The fraction of sp³-hybridized carbons (Fsp3) is 0.286. The number of hydrogen-bond donors (Lipinski definition) is 0. The summed E-state index contributed by atoms with van der Waals surface area (Å²) in [4.78, 5) is 0. The Morgan fingerprint density at radius 2 is 2.00 bits per heavy atom. The summed E-state index contributed by atoms with van der Waals surface area (Å²) in [6.07, 6.45) is 0.565. The normalized spacial score (nSPS) is 18.7. The summed E-state index contributed by atoms with van der Waals surface area (Å²) >= 11 is 11.1. The van der Waals surface area contributed by atoms with E-state index in [-0.39, 0.29) is 17.0 Å². The molecule has 4 heteroatoms. The minimum Gasteiger partial charge on any atom is -0.210 e. The Balaban J connectivity index is 3.13. The molecule has 0 aromatic heterocycles. The van der Waals surface area contributed by atoms with Crippen LogP contribution in [0.1, 0.15) is 12.8 Å². The van der Waals surface area contributed by atoms with Gasteiger partial charge in [0.15, 0.2) is 0 Å². The first-order valence-electron chi connectivity index (χ1n) is 3.00. The Morgan fingerprint density at radius 1 is 1.36 bits per heavy atom. The molecule has 0 unspecified atom stereocenters. The van der Waals surface area contributed by atoms with Gasteiger partial charge in [-0.3, -0.25) is 0 Å². The van der Waals surface area contributed by atoms with E-state index in [1.54, 1.807) is 6.07 Å². The van der Waals surface area contributed by atoms with Crippen LogP contribution in [-0.4, -0.2) is 0 Å². The van der Waals surface area contributed by atoms with E-state index in [2.05, 4.69) is 0 Å². The van der Waals surface area contributed by atoms with Crippen molar-refractivity contribution >= 4 is 23.2 Å². The fourth-order valence-electron chi connectivity index (χ4n) is 0.819. The summed E-state index contributed by atoms with van der Waals surface area (Å²) in [5, 5.41) is 8.68. The van der Waals surface area contributed by atoms with Crippen molar-refractivity contribution in [2.75, 3.05) is 0 Å². The molecular formula is C7H4Cl2FN. The first-order chi connectivity index (χ1) is 5.16. The van der Waals surface area contributed by atoms with Crippen LogP contribution in [-0.2, 0) is 0 Å². The van der Waals surface area contributed by atoms with Crippen molar-refractivity contribution in [1.82, 2.24) is 0 Å². The minimum absolute atomic E-state index is 0.0667. The number of allylic oxidation sites excluding steroid dienone is 4. The van der Waals surface area contributed by atoms with Crippen molar-refractivity contribution in [3.8, 4) is 6.07 Å². The average molecular weight is 192 g/mol. The lowest BCUT2D eigenvalue weighted by molar-refractivity contribution is 0.581. The molecule has 58 valence electrons.